The molecule has 0 aliphatic heterocycles. The Morgan fingerprint density at radius 3 is 2.50 bits per heavy atom. The summed E-state index contributed by atoms with van der Waals surface area (Å²) < 4.78 is 0. The van der Waals surface area contributed by atoms with Gasteiger partial charge in [-0.1, -0.05) is 32.6 Å². The quantitative estimate of drug-likeness (QED) is 0.735. The number of rotatable bonds is 5. The van der Waals surface area contributed by atoms with Crippen LogP contribution < -0.4 is 5.32 Å². The van der Waals surface area contributed by atoms with Gasteiger partial charge < -0.3 is 10.4 Å². The first-order valence-electron chi connectivity index (χ1n) is 6.95. The highest BCUT2D eigenvalue weighted by atomic mass is 16.3. The maximum Gasteiger partial charge on any atom is 0.240 e. The molecule has 1 rings (SSSR count). The molecule has 0 bridgehead atoms. The van der Waals surface area contributed by atoms with E-state index in [0.29, 0.717) is 25.8 Å². The average molecular weight is 252 g/mol. The van der Waals surface area contributed by atoms with E-state index in [1.165, 1.54) is 0 Å². The molecule has 2 N–H and O–H groups in total. The van der Waals surface area contributed by atoms with Crippen LogP contribution in [-0.2, 0) is 4.79 Å². The molecule has 102 valence electrons. The van der Waals surface area contributed by atoms with E-state index in [4.69, 9.17) is 5.11 Å². The molecule has 1 aliphatic carbocycles. The van der Waals surface area contributed by atoms with Gasteiger partial charge in [-0.3, -0.25) is 4.79 Å². The van der Waals surface area contributed by atoms with E-state index >= 15 is 0 Å². The molecule has 0 heterocycles. The lowest BCUT2D eigenvalue weighted by Crippen LogP contribution is -2.41. The van der Waals surface area contributed by atoms with Gasteiger partial charge in [-0.2, -0.15) is 5.26 Å². The second kappa shape index (κ2) is 7.38. The first-order chi connectivity index (χ1) is 8.64. The van der Waals surface area contributed by atoms with Gasteiger partial charge in [0.1, 0.15) is 5.41 Å². The van der Waals surface area contributed by atoms with E-state index in [2.05, 4.69) is 11.4 Å². The highest BCUT2D eigenvalue weighted by molar-refractivity contribution is 5.85. The minimum atomic E-state index is -0.810. The molecule has 0 radical (unpaired) electrons. The molecule has 4 heteroatoms. The van der Waals surface area contributed by atoms with Crippen molar-refractivity contribution < 1.29 is 9.90 Å². The van der Waals surface area contributed by atoms with Crippen molar-refractivity contribution in [1.29, 1.82) is 5.26 Å². The Hall–Kier alpha value is -1.08. The highest BCUT2D eigenvalue weighted by Crippen LogP contribution is 2.34. The summed E-state index contributed by atoms with van der Waals surface area (Å²) in [5, 5.41) is 21.1. The maximum atomic E-state index is 12.2. The fourth-order valence-corrected chi connectivity index (χ4v) is 2.48. The minimum absolute atomic E-state index is 0.114. The molecular formula is C14H24N2O2. The molecule has 1 unspecified atom stereocenters. The van der Waals surface area contributed by atoms with Gasteiger partial charge in [0.15, 0.2) is 0 Å². The van der Waals surface area contributed by atoms with Crippen molar-refractivity contribution >= 4 is 5.91 Å². The number of amides is 1. The van der Waals surface area contributed by atoms with E-state index in [0.717, 1.165) is 25.7 Å². The van der Waals surface area contributed by atoms with Gasteiger partial charge in [-0.05, 0) is 25.2 Å². The van der Waals surface area contributed by atoms with Crippen LogP contribution in [0.5, 0.6) is 0 Å². The third-order valence-electron chi connectivity index (χ3n) is 3.84. The third kappa shape index (κ3) is 3.99. The summed E-state index contributed by atoms with van der Waals surface area (Å²) in [5.41, 5.74) is -0.810. The SMILES string of the molecule is CC(CCO)CNC(=O)C1(C#N)CCCCCC1. The Labute approximate surface area is 109 Å². The van der Waals surface area contributed by atoms with Gasteiger partial charge in [-0.15, -0.1) is 0 Å². The van der Waals surface area contributed by atoms with Gasteiger partial charge in [0, 0.05) is 13.2 Å². The molecule has 0 aromatic rings. The Morgan fingerprint density at radius 2 is 2.00 bits per heavy atom. The molecule has 18 heavy (non-hydrogen) atoms. The minimum Gasteiger partial charge on any atom is -0.396 e. The summed E-state index contributed by atoms with van der Waals surface area (Å²) in [4.78, 5) is 12.2. The smallest absolute Gasteiger partial charge is 0.240 e. The zero-order chi connectivity index (χ0) is 13.4. The Kier molecular flexibility index (Phi) is 6.14. The van der Waals surface area contributed by atoms with Gasteiger partial charge in [0.05, 0.1) is 6.07 Å². The number of carbonyl (C=O) groups is 1. The van der Waals surface area contributed by atoms with Crippen LogP contribution in [0.25, 0.3) is 0 Å². The molecule has 1 saturated carbocycles. The van der Waals surface area contributed by atoms with Crippen LogP contribution in [0.2, 0.25) is 0 Å². The van der Waals surface area contributed by atoms with Crippen LogP contribution in [0.4, 0.5) is 0 Å². The van der Waals surface area contributed by atoms with Crippen LogP contribution in [0.3, 0.4) is 0 Å². The van der Waals surface area contributed by atoms with Crippen LogP contribution in [0.1, 0.15) is 51.9 Å². The van der Waals surface area contributed by atoms with Gasteiger partial charge in [0.25, 0.3) is 0 Å². The van der Waals surface area contributed by atoms with Crippen molar-refractivity contribution in [2.24, 2.45) is 11.3 Å². The standard InChI is InChI=1S/C14H24N2O2/c1-12(6-9-17)10-16-13(18)14(11-15)7-4-2-3-5-8-14/h12,17H,2-10H2,1H3,(H,16,18). The molecule has 0 saturated heterocycles. The summed E-state index contributed by atoms with van der Waals surface area (Å²) in [6, 6.07) is 2.25. The monoisotopic (exact) mass is 252 g/mol. The maximum absolute atomic E-state index is 12.2. The molecular weight excluding hydrogens is 228 g/mol. The molecule has 4 nitrogen and oxygen atoms in total. The number of hydrogen-bond acceptors (Lipinski definition) is 3. The molecule has 1 amide bonds. The largest absolute Gasteiger partial charge is 0.396 e. The number of nitrogens with zero attached hydrogens (tertiary/aromatic N) is 1. The van der Waals surface area contributed by atoms with Crippen LogP contribution >= 0.6 is 0 Å². The van der Waals surface area contributed by atoms with Crippen molar-refractivity contribution in [3.8, 4) is 6.07 Å². The number of hydrogen-bond donors (Lipinski definition) is 2. The lowest BCUT2D eigenvalue weighted by molar-refractivity contribution is -0.129. The van der Waals surface area contributed by atoms with Crippen LogP contribution in [-0.4, -0.2) is 24.2 Å². The van der Waals surface area contributed by atoms with Gasteiger partial charge in [-0.25, -0.2) is 0 Å². The second-order valence-electron chi connectivity index (χ2n) is 5.44. The number of nitrogens with one attached hydrogen (secondary N) is 1. The normalized spacial score (nSPS) is 20.5. The first kappa shape index (κ1) is 15.0. The van der Waals surface area contributed by atoms with E-state index in [-0.39, 0.29) is 18.4 Å². The van der Waals surface area contributed by atoms with Gasteiger partial charge >= 0.3 is 0 Å². The first-order valence-corrected chi connectivity index (χ1v) is 6.95. The van der Waals surface area contributed by atoms with Crippen molar-refractivity contribution in [3.63, 3.8) is 0 Å². The van der Waals surface area contributed by atoms with Crippen molar-refractivity contribution in [2.75, 3.05) is 13.2 Å². The van der Waals surface area contributed by atoms with E-state index in [1.807, 2.05) is 6.92 Å². The van der Waals surface area contributed by atoms with E-state index in [1.54, 1.807) is 0 Å². The predicted molar refractivity (Wildman–Crippen MR) is 69.6 cm³/mol. The van der Waals surface area contributed by atoms with E-state index in [9.17, 15) is 10.1 Å². The summed E-state index contributed by atoms with van der Waals surface area (Å²) >= 11 is 0. The van der Waals surface area contributed by atoms with Crippen LogP contribution in [0, 0.1) is 22.7 Å². The number of nitriles is 1. The van der Waals surface area contributed by atoms with Crippen molar-refractivity contribution in [3.05, 3.63) is 0 Å². The highest BCUT2D eigenvalue weighted by Gasteiger charge is 2.38. The molecule has 1 fully saturated rings. The zero-order valence-corrected chi connectivity index (χ0v) is 11.2. The summed E-state index contributed by atoms with van der Waals surface area (Å²) in [6.45, 7) is 2.67. The predicted octanol–water partition coefficient (Wildman–Crippen LogP) is 1.99. The Morgan fingerprint density at radius 1 is 1.39 bits per heavy atom. The van der Waals surface area contributed by atoms with Crippen LogP contribution in [0.15, 0.2) is 0 Å². The molecule has 0 spiro atoms. The van der Waals surface area contributed by atoms with E-state index < -0.39 is 5.41 Å². The molecule has 1 aliphatic rings. The van der Waals surface area contributed by atoms with Crippen molar-refractivity contribution in [1.82, 2.24) is 5.32 Å². The number of aliphatic hydroxyl groups is 1. The average Bonchev–Trinajstić information content (AvgIpc) is 2.62. The third-order valence-corrected chi connectivity index (χ3v) is 3.84. The lowest BCUT2D eigenvalue weighted by atomic mass is 9.81. The second-order valence-corrected chi connectivity index (χ2v) is 5.44. The molecule has 0 aromatic carbocycles. The molecule has 0 aromatic heterocycles. The fourth-order valence-electron chi connectivity index (χ4n) is 2.48. The molecule has 1 atom stereocenters. The van der Waals surface area contributed by atoms with Crippen molar-refractivity contribution in [2.45, 2.75) is 51.9 Å². The zero-order valence-electron chi connectivity index (χ0n) is 11.2. The van der Waals surface area contributed by atoms with Gasteiger partial charge in [0.2, 0.25) is 5.91 Å². The Balaban J connectivity index is 2.53. The topological polar surface area (TPSA) is 73.1 Å². The number of aliphatic hydroxyl groups excluding tert-OH is 1. The lowest BCUT2D eigenvalue weighted by Gasteiger charge is -2.24. The Bertz CT molecular complexity index is 301. The summed E-state index contributed by atoms with van der Waals surface area (Å²) in [5.74, 6) is 0.136. The summed E-state index contributed by atoms with van der Waals surface area (Å²) in [6.07, 6.45) is 6.23. The number of carbonyl (C=O) groups excluding carboxylic acids is 1. The summed E-state index contributed by atoms with van der Waals surface area (Å²) in [7, 11) is 0. The fraction of sp³-hybridized carbons (Fsp3) is 0.857.